The average molecular weight is 314 g/mol. The molecule has 0 aliphatic carbocycles. The van der Waals surface area contributed by atoms with Gasteiger partial charge in [-0.15, -0.1) is 11.3 Å². The molecule has 1 aromatic heterocycles. The first-order valence-corrected chi connectivity index (χ1v) is 7.52. The molecular formula is C14H13Cl2NOS. The summed E-state index contributed by atoms with van der Waals surface area (Å²) < 4.78 is 0. The largest absolute Gasteiger partial charge is 0.355 e. The normalized spacial score (nSPS) is 10.4. The quantitative estimate of drug-likeness (QED) is 0.889. The van der Waals surface area contributed by atoms with Crippen LogP contribution in [0.1, 0.15) is 10.4 Å². The molecule has 0 saturated heterocycles. The van der Waals surface area contributed by atoms with Crippen LogP contribution in [0, 0.1) is 0 Å². The van der Waals surface area contributed by atoms with Crippen molar-refractivity contribution in [3.63, 3.8) is 0 Å². The SMILES string of the molecule is O=C(Cc1ccc(Cl)c(Cl)c1)NCCc1cccs1. The Morgan fingerprint density at radius 3 is 2.74 bits per heavy atom. The van der Waals surface area contributed by atoms with Crippen LogP contribution < -0.4 is 5.32 Å². The molecule has 100 valence electrons. The number of thiophene rings is 1. The van der Waals surface area contributed by atoms with Gasteiger partial charge in [-0.2, -0.15) is 0 Å². The third-order valence-electron chi connectivity index (χ3n) is 2.62. The van der Waals surface area contributed by atoms with Gasteiger partial charge in [0.1, 0.15) is 0 Å². The fourth-order valence-corrected chi connectivity index (χ4v) is 2.71. The number of carbonyl (C=O) groups excluding carboxylic acids is 1. The van der Waals surface area contributed by atoms with Crippen molar-refractivity contribution in [1.82, 2.24) is 5.32 Å². The Morgan fingerprint density at radius 1 is 1.21 bits per heavy atom. The van der Waals surface area contributed by atoms with Gasteiger partial charge in [-0.1, -0.05) is 35.3 Å². The van der Waals surface area contributed by atoms with Crippen molar-refractivity contribution < 1.29 is 4.79 Å². The highest BCUT2D eigenvalue weighted by Crippen LogP contribution is 2.22. The molecule has 2 rings (SSSR count). The molecule has 0 aliphatic heterocycles. The second-order valence-electron chi connectivity index (χ2n) is 4.10. The van der Waals surface area contributed by atoms with Crippen molar-refractivity contribution in [3.05, 3.63) is 56.2 Å². The third kappa shape index (κ3) is 4.53. The van der Waals surface area contributed by atoms with Gasteiger partial charge in [0.15, 0.2) is 0 Å². The predicted octanol–water partition coefficient (Wildman–Crippen LogP) is 3.96. The van der Waals surface area contributed by atoms with Crippen molar-refractivity contribution in [2.45, 2.75) is 12.8 Å². The molecule has 0 spiro atoms. The van der Waals surface area contributed by atoms with Crippen LogP contribution in [0.3, 0.4) is 0 Å². The van der Waals surface area contributed by atoms with E-state index in [1.165, 1.54) is 4.88 Å². The highest BCUT2D eigenvalue weighted by atomic mass is 35.5. The Balaban J connectivity index is 1.79. The van der Waals surface area contributed by atoms with Crippen LogP contribution in [0.15, 0.2) is 35.7 Å². The first kappa shape index (κ1) is 14.4. The van der Waals surface area contributed by atoms with Gasteiger partial charge in [0.2, 0.25) is 5.91 Å². The molecule has 1 aromatic carbocycles. The first-order chi connectivity index (χ1) is 9.15. The van der Waals surface area contributed by atoms with Crippen molar-refractivity contribution in [2.75, 3.05) is 6.54 Å². The number of benzene rings is 1. The molecule has 1 amide bonds. The van der Waals surface area contributed by atoms with Crippen LogP contribution in [0.4, 0.5) is 0 Å². The lowest BCUT2D eigenvalue weighted by Gasteiger charge is -2.05. The van der Waals surface area contributed by atoms with Crippen LogP contribution in [-0.4, -0.2) is 12.5 Å². The molecule has 2 nitrogen and oxygen atoms in total. The summed E-state index contributed by atoms with van der Waals surface area (Å²) in [5, 5.41) is 5.91. The van der Waals surface area contributed by atoms with Crippen LogP contribution in [-0.2, 0) is 17.6 Å². The molecule has 19 heavy (non-hydrogen) atoms. The maximum absolute atomic E-state index is 11.8. The van der Waals surface area contributed by atoms with E-state index < -0.39 is 0 Å². The fraction of sp³-hybridized carbons (Fsp3) is 0.214. The first-order valence-electron chi connectivity index (χ1n) is 5.88. The maximum Gasteiger partial charge on any atom is 0.224 e. The van der Waals surface area contributed by atoms with Crippen LogP contribution >= 0.6 is 34.5 Å². The average Bonchev–Trinajstić information content (AvgIpc) is 2.87. The summed E-state index contributed by atoms with van der Waals surface area (Å²) in [4.78, 5) is 13.0. The van der Waals surface area contributed by atoms with E-state index in [0.717, 1.165) is 12.0 Å². The molecule has 2 aromatic rings. The number of halogens is 2. The molecule has 0 radical (unpaired) electrons. The Bertz CT molecular complexity index is 555. The molecule has 0 unspecified atom stereocenters. The summed E-state index contributed by atoms with van der Waals surface area (Å²) in [6.45, 7) is 0.653. The van der Waals surface area contributed by atoms with E-state index >= 15 is 0 Å². The molecule has 0 atom stereocenters. The van der Waals surface area contributed by atoms with E-state index in [1.54, 1.807) is 23.5 Å². The summed E-state index contributed by atoms with van der Waals surface area (Å²) in [6, 6.07) is 9.32. The molecule has 5 heteroatoms. The standard InChI is InChI=1S/C14H13Cl2NOS/c15-12-4-3-10(8-13(12)16)9-14(18)17-6-5-11-2-1-7-19-11/h1-4,7-8H,5-6,9H2,(H,17,18). The van der Waals surface area contributed by atoms with Gasteiger partial charge < -0.3 is 5.32 Å². The van der Waals surface area contributed by atoms with Gasteiger partial charge in [0.05, 0.1) is 16.5 Å². The highest BCUT2D eigenvalue weighted by Gasteiger charge is 2.05. The van der Waals surface area contributed by atoms with E-state index in [4.69, 9.17) is 23.2 Å². The lowest BCUT2D eigenvalue weighted by atomic mass is 10.1. The summed E-state index contributed by atoms with van der Waals surface area (Å²) in [7, 11) is 0. The van der Waals surface area contributed by atoms with E-state index in [9.17, 15) is 4.79 Å². The van der Waals surface area contributed by atoms with Gasteiger partial charge in [-0.25, -0.2) is 0 Å². The smallest absolute Gasteiger partial charge is 0.224 e. The zero-order chi connectivity index (χ0) is 13.7. The number of carbonyl (C=O) groups is 1. The Labute approximate surface area is 126 Å². The topological polar surface area (TPSA) is 29.1 Å². The molecule has 0 fully saturated rings. The minimum Gasteiger partial charge on any atom is -0.355 e. The Hall–Kier alpha value is -1.03. The van der Waals surface area contributed by atoms with Gasteiger partial charge in [-0.05, 0) is 35.6 Å². The molecule has 1 N–H and O–H groups in total. The number of rotatable bonds is 5. The van der Waals surface area contributed by atoms with Gasteiger partial charge >= 0.3 is 0 Å². The molecular weight excluding hydrogens is 301 g/mol. The Morgan fingerprint density at radius 2 is 2.05 bits per heavy atom. The van der Waals surface area contributed by atoms with Gasteiger partial charge in [-0.3, -0.25) is 4.79 Å². The third-order valence-corrected chi connectivity index (χ3v) is 4.30. The van der Waals surface area contributed by atoms with Crippen molar-refractivity contribution >= 4 is 40.4 Å². The molecule has 1 heterocycles. The monoisotopic (exact) mass is 313 g/mol. The highest BCUT2D eigenvalue weighted by molar-refractivity contribution is 7.09. The van der Waals surface area contributed by atoms with E-state index in [-0.39, 0.29) is 5.91 Å². The number of hydrogen-bond donors (Lipinski definition) is 1. The Kier molecular flexibility index (Phi) is 5.25. The second kappa shape index (κ2) is 6.94. The van der Waals surface area contributed by atoms with Gasteiger partial charge in [0.25, 0.3) is 0 Å². The number of hydrogen-bond acceptors (Lipinski definition) is 2. The molecule has 0 bridgehead atoms. The van der Waals surface area contributed by atoms with Gasteiger partial charge in [0, 0.05) is 11.4 Å². The predicted molar refractivity (Wildman–Crippen MR) is 81.2 cm³/mol. The lowest BCUT2D eigenvalue weighted by Crippen LogP contribution is -2.27. The van der Waals surface area contributed by atoms with E-state index in [2.05, 4.69) is 11.4 Å². The molecule has 0 saturated carbocycles. The van der Waals surface area contributed by atoms with Crippen LogP contribution in [0.5, 0.6) is 0 Å². The van der Waals surface area contributed by atoms with Crippen molar-refractivity contribution in [1.29, 1.82) is 0 Å². The minimum atomic E-state index is -0.00468. The lowest BCUT2D eigenvalue weighted by molar-refractivity contribution is -0.120. The second-order valence-corrected chi connectivity index (χ2v) is 5.95. The summed E-state index contributed by atoms with van der Waals surface area (Å²) in [5.41, 5.74) is 0.864. The zero-order valence-corrected chi connectivity index (χ0v) is 12.5. The summed E-state index contributed by atoms with van der Waals surface area (Å²) >= 11 is 13.4. The van der Waals surface area contributed by atoms with Crippen molar-refractivity contribution in [3.8, 4) is 0 Å². The number of amides is 1. The summed E-state index contributed by atoms with van der Waals surface area (Å²) in [6.07, 6.45) is 1.19. The number of nitrogens with one attached hydrogen (secondary N) is 1. The summed E-state index contributed by atoms with van der Waals surface area (Å²) in [5.74, 6) is -0.00468. The van der Waals surface area contributed by atoms with E-state index in [0.29, 0.717) is 23.0 Å². The fourth-order valence-electron chi connectivity index (χ4n) is 1.68. The van der Waals surface area contributed by atoms with Crippen LogP contribution in [0.2, 0.25) is 10.0 Å². The maximum atomic E-state index is 11.8. The van der Waals surface area contributed by atoms with E-state index in [1.807, 2.05) is 17.5 Å². The van der Waals surface area contributed by atoms with Crippen LogP contribution in [0.25, 0.3) is 0 Å². The minimum absolute atomic E-state index is 0.00468. The molecule has 0 aliphatic rings. The van der Waals surface area contributed by atoms with Crippen molar-refractivity contribution in [2.24, 2.45) is 0 Å². The zero-order valence-electron chi connectivity index (χ0n) is 10.2.